The first-order valence-electron chi connectivity index (χ1n) is 8.55. The zero-order valence-electron chi connectivity index (χ0n) is 14.3. The van der Waals surface area contributed by atoms with Gasteiger partial charge in [-0.1, -0.05) is 37.3 Å². The Hall–Kier alpha value is -0.426. The van der Waals surface area contributed by atoms with Gasteiger partial charge in [-0.3, -0.25) is 0 Å². The Morgan fingerprint density at radius 3 is 2.77 bits per heavy atom. The summed E-state index contributed by atoms with van der Waals surface area (Å²) >= 11 is 0. The van der Waals surface area contributed by atoms with Crippen LogP contribution in [0.1, 0.15) is 33.1 Å². The second kappa shape index (κ2) is 6.23. The SMILES string of the molecule is CC(C[Si](C)(C)O[Si]c1ccccc1)C1CCC2(C)OC2C1. The van der Waals surface area contributed by atoms with E-state index in [4.69, 9.17) is 8.85 Å². The predicted octanol–water partition coefficient (Wildman–Crippen LogP) is 3.75. The first-order chi connectivity index (χ1) is 10.4. The minimum Gasteiger partial charge on any atom is -0.453 e. The molecule has 2 radical (unpaired) electrons. The fraction of sp³-hybridized carbons (Fsp3) is 0.667. The third kappa shape index (κ3) is 3.91. The molecule has 0 bridgehead atoms. The lowest BCUT2D eigenvalue weighted by molar-refractivity contribution is 0.271. The molecule has 22 heavy (non-hydrogen) atoms. The van der Waals surface area contributed by atoms with Crippen LogP contribution in [0.3, 0.4) is 0 Å². The van der Waals surface area contributed by atoms with Crippen molar-refractivity contribution in [2.24, 2.45) is 11.8 Å². The van der Waals surface area contributed by atoms with Gasteiger partial charge in [0.25, 0.3) is 9.76 Å². The van der Waals surface area contributed by atoms with E-state index in [2.05, 4.69) is 57.3 Å². The third-order valence-corrected chi connectivity index (χ3v) is 10.2. The Kier molecular flexibility index (Phi) is 4.65. The maximum absolute atomic E-state index is 6.37. The van der Waals surface area contributed by atoms with Crippen LogP contribution in [0.15, 0.2) is 30.3 Å². The van der Waals surface area contributed by atoms with Crippen molar-refractivity contribution in [2.75, 3.05) is 0 Å². The minimum absolute atomic E-state index is 0.244. The van der Waals surface area contributed by atoms with E-state index >= 15 is 0 Å². The molecule has 2 fully saturated rings. The molecule has 4 atom stereocenters. The molecule has 2 aliphatic rings. The van der Waals surface area contributed by atoms with Crippen LogP contribution in [0.5, 0.6) is 0 Å². The van der Waals surface area contributed by atoms with Gasteiger partial charge in [0.1, 0.15) is 0 Å². The summed E-state index contributed by atoms with van der Waals surface area (Å²) < 4.78 is 12.2. The molecule has 1 aromatic rings. The van der Waals surface area contributed by atoms with Crippen LogP contribution in [-0.4, -0.2) is 29.8 Å². The minimum atomic E-state index is -1.59. The number of hydrogen-bond donors (Lipinski definition) is 0. The van der Waals surface area contributed by atoms with Gasteiger partial charge in [0, 0.05) is 0 Å². The van der Waals surface area contributed by atoms with Gasteiger partial charge in [0.2, 0.25) is 0 Å². The molecular formula is C18H28O2Si2. The lowest BCUT2D eigenvalue weighted by Gasteiger charge is -2.33. The molecule has 1 saturated carbocycles. The van der Waals surface area contributed by atoms with Crippen molar-refractivity contribution >= 4 is 23.3 Å². The Balaban J connectivity index is 1.48. The molecule has 0 N–H and O–H groups in total. The van der Waals surface area contributed by atoms with Crippen molar-refractivity contribution < 1.29 is 8.85 Å². The van der Waals surface area contributed by atoms with E-state index in [9.17, 15) is 0 Å². The molecule has 1 aliphatic carbocycles. The largest absolute Gasteiger partial charge is 0.453 e. The Morgan fingerprint density at radius 2 is 2.09 bits per heavy atom. The van der Waals surface area contributed by atoms with Crippen LogP contribution in [-0.2, 0) is 8.85 Å². The predicted molar refractivity (Wildman–Crippen MR) is 95.0 cm³/mol. The van der Waals surface area contributed by atoms with E-state index < -0.39 is 8.32 Å². The number of fused-ring (bicyclic) bond motifs is 1. The van der Waals surface area contributed by atoms with E-state index in [1.807, 2.05) is 0 Å². The highest BCUT2D eigenvalue weighted by atomic mass is 28.4. The molecule has 1 saturated heterocycles. The van der Waals surface area contributed by atoms with Gasteiger partial charge < -0.3 is 8.85 Å². The van der Waals surface area contributed by atoms with Gasteiger partial charge in [-0.15, -0.1) is 0 Å². The summed E-state index contributed by atoms with van der Waals surface area (Å²) in [6.07, 6.45) is 4.40. The van der Waals surface area contributed by atoms with Gasteiger partial charge in [0.05, 0.1) is 11.7 Å². The molecule has 2 nitrogen and oxygen atoms in total. The highest BCUT2D eigenvalue weighted by molar-refractivity contribution is 6.77. The van der Waals surface area contributed by atoms with Crippen molar-refractivity contribution in [1.29, 1.82) is 0 Å². The quantitative estimate of drug-likeness (QED) is 0.584. The smallest absolute Gasteiger partial charge is 0.256 e. The van der Waals surface area contributed by atoms with Gasteiger partial charge in [-0.05, 0) is 62.3 Å². The van der Waals surface area contributed by atoms with Crippen molar-refractivity contribution in [2.45, 2.75) is 64.0 Å². The maximum Gasteiger partial charge on any atom is 0.256 e. The molecule has 3 rings (SSSR count). The van der Waals surface area contributed by atoms with E-state index in [0.29, 0.717) is 15.9 Å². The number of hydrogen-bond acceptors (Lipinski definition) is 2. The van der Waals surface area contributed by atoms with Crippen LogP contribution in [0.2, 0.25) is 19.1 Å². The van der Waals surface area contributed by atoms with Crippen LogP contribution in [0, 0.1) is 11.8 Å². The van der Waals surface area contributed by atoms with Crippen molar-refractivity contribution in [3.8, 4) is 0 Å². The van der Waals surface area contributed by atoms with E-state index in [-0.39, 0.29) is 5.60 Å². The van der Waals surface area contributed by atoms with Crippen molar-refractivity contribution in [3.05, 3.63) is 30.3 Å². The van der Waals surface area contributed by atoms with Crippen molar-refractivity contribution in [3.63, 3.8) is 0 Å². The summed E-state index contributed by atoms with van der Waals surface area (Å²) in [6, 6.07) is 11.9. The number of benzene rings is 1. The monoisotopic (exact) mass is 332 g/mol. The Morgan fingerprint density at radius 1 is 1.36 bits per heavy atom. The third-order valence-electron chi connectivity index (χ3n) is 5.40. The summed E-state index contributed by atoms with van der Waals surface area (Å²) in [5, 5.41) is 1.32. The Labute approximate surface area is 138 Å². The summed E-state index contributed by atoms with van der Waals surface area (Å²) in [5.74, 6) is 1.59. The lowest BCUT2D eigenvalue weighted by Crippen LogP contribution is -2.39. The maximum atomic E-state index is 6.37. The highest BCUT2D eigenvalue weighted by Gasteiger charge is 2.55. The van der Waals surface area contributed by atoms with Gasteiger partial charge in [-0.2, -0.15) is 0 Å². The fourth-order valence-electron chi connectivity index (χ4n) is 3.88. The topological polar surface area (TPSA) is 21.8 Å². The molecule has 4 unspecified atom stereocenters. The Bertz CT molecular complexity index is 505. The fourth-order valence-corrected chi connectivity index (χ4v) is 8.00. The van der Waals surface area contributed by atoms with Gasteiger partial charge in [-0.25, -0.2) is 0 Å². The van der Waals surface area contributed by atoms with Crippen LogP contribution in [0.25, 0.3) is 0 Å². The van der Waals surface area contributed by atoms with E-state index in [1.165, 1.54) is 30.5 Å². The average molecular weight is 333 g/mol. The second-order valence-corrected chi connectivity index (χ2v) is 13.5. The van der Waals surface area contributed by atoms with Crippen molar-refractivity contribution in [1.82, 2.24) is 0 Å². The average Bonchev–Trinajstić information content (AvgIpc) is 3.16. The second-order valence-electron chi connectivity index (χ2n) is 7.96. The van der Waals surface area contributed by atoms with E-state index in [0.717, 1.165) is 11.8 Å². The number of epoxide rings is 1. The molecule has 1 aromatic carbocycles. The number of rotatable bonds is 6. The lowest BCUT2D eigenvalue weighted by atomic mass is 9.77. The molecule has 4 heteroatoms. The molecule has 1 heterocycles. The molecule has 1 aliphatic heterocycles. The summed E-state index contributed by atoms with van der Waals surface area (Å²) in [7, 11) is -1.09. The zero-order chi connectivity index (χ0) is 15.8. The van der Waals surface area contributed by atoms with Gasteiger partial charge in [0.15, 0.2) is 8.32 Å². The summed E-state index contributed by atoms with van der Waals surface area (Å²) in [6.45, 7) is 9.46. The summed E-state index contributed by atoms with van der Waals surface area (Å²) in [5.41, 5.74) is 0.244. The standard InChI is InChI=1S/C18H28O2Si2/c1-14(15-10-11-18(2)17(12-15)19-18)13-22(3,4)20-21-16-8-6-5-7-9-16/h5-9,14-15,17H,10-13H2,1-4H3. The normalized spacial score (nSPS) is 32.4. The molecule has 120 valence electrons. The summed E-state index contributed by atoms with van der Waals surface area (Å²) in [4.78, 5) is 0. The first-order valence-corrected chi connectivity index (χ1v) is 12.6. The van der Waals surface area contributed by atoms with Gasteiger partial charge >= 0.3 is 0 Å². The molecule has 0 amide bonds. The molecule has 0 spiro atoms. The van der Waals surface area contributed by atoms with Crippen LogP contribution >= 0.6 is 0 Å². The molecule has 0 aromatic heterocycles. The van der Waals surface area contributed by atoms with Crippen LogP contribution in [0.4, 0.5) is 0 Å². The molecular weight excluding hydrogens is 304 g/mol. The zero-order valence-corrected chi connectivity index (χ0v) is 16.3. The van der Waals surface area contributed by atoms with E-state index in [1.54, 1.807) is 0 Å². The first kappa shape index (κ1) is 16.4. The number of ether oxygens (including phenoxy) is 1. The highest BCUT2D eigenvalue weighted by Crippen LogP contribution is 2.51. The van der Waals surface area contributed by atoms with Crippen LogP contribution < -0.4 is 5.19 Å².